The van der Waals surface area contributed by atoms with Crippen molar-refractivity contribution in [2.24, 2.45) is 5.92 Å². The van der Waals surface area contributed by atoms with Crippen LogP contribution in [0.5, 0.6) is 0 Å². The Morgan fingerprint density at radius 3 is 3.09 bits per heavy atom. The summed E-state index contributed by atoms with van der Waals surface area (Å²) in [6.07, 6.45) is 1.97. The van der Waals surface area contributed by atoms with Gasteiger partial charge in [-0.15, -0.1) is 11.3 Å². The van der Waals surface area contributed by atoms with Crippen LogP contribution in [-0.2, 0) is 12.8 Å². The van der Waals surface area contributed by atoms with E-state index < -0.39 is 0 Å². The van der Waals surface area contributed by atoms with Gasteiger partial charge in [0.25, 0.3) is 5.91 Å². The molecule has 1 aromatic carbocycles. The Morgan fingerprint density at radius 2 is 2.26 bits per heavy atom. The van der Waals surface area contributed by atoms with Crippen LogP contribution in [0.3, 0.4) is 0 Å². The van der Waals surface area contributed by atoms with Gasteiger partial charge >= 0.3 is 0 Å². The molecule has 0 bridgehead atoms. The molecule has 1 aromatic heterocycles. The lowest BCUT2D eigenvalue weighted by Gasteiger charge is -2.27. The molecule has 122 valence electrons. The average Bonchev–Trinajstić information content (AvgIpc) is 3.00. The van der Waals surface area contributed by atoms with Crippen molar-refractivity contribution in [3.8, 4) is 0 Å². The number of nitrogens with zero attached hydrogens (tertiary/aromatic N) is 1. The van der Waals surface area contributed by atoms with E-state index in [2.05, 4.69) is 53.7 Å². The minimum absolute atomic E-state index is 0.0823. The average molecular weight is 329 g/mol. The standard InChI is InChI=1S/C18H23N3OS/c1-12(2)9-17-21-16(11-23-17)18(22)20-10-15-14-6-4-3-5-13(14)7-8-19-15/h3-6,11-12,15,19H,7-10H2,1-2H3,(H,20,22). The molecule has 1 atom stereocenters. The SMILES string of the molecule is CC(C)Cc1nc(C(=O)NCC2NCCc3ccccc32)cs1. The van der Waals surface area contributed by atoms with Crippen LogP contribution in [0.25, 0.3) is 0 Å². The van der Waals surface area contributed by atoms with Crippen molar-refractivity contribution in [1.82, 2.24) is 15.6 Å². The monoisotopic (exact) mass is 329 g/mol. The number of nitrogens with one attached hydrogen (secondary N) is 2. The lowest BCUT2D eigenvalue weighted by molar-refractivity contribution is 0.0944. The number of hydrogen-bond acceptors (Lipinski definition) is 4. The summed E-state index contributed by atoms with van der Waals surface area (Å²) in [7, 11) is 0. The second-order valence-corrected chi connectivity index (χ2v) is 7.33. The van der Waals surface area contributed by atoms with Crippen molar-refractivity contribution in [3.63, 3.8) is 0 Å². The van der Waals surface area contributed by atoms with Gasteiger partial charge in [-0.1, -0.05) is 38.1 Å². The predicted molar refractivity (Wildman–Crippen MR) is 93.9 cm³/mol. The summed E-state index contributed by atoms with van der Waals surface area (Å²) in [6, 6.07) is 8.62. The first-order valence-corrected chi connectivity index (χ1v) is 9.05. The zero-order valence-corrected chi connectivity index (χ0v) is 14.5. The maximum Gasteiger partial charge on any atom is 0.270 e. The van der Waals surface area contributed by atoms with Gasteiger partial charge in [0.15, 0.2) is 0 Å². The minimum Gasteiger partial charge on any atom is -0.349 e. The maximum atomic E-state index is 12.3. The van der Waals surface area contributed by atoms with Crippen molar-refractivity contribution in [2.45, 2.75) is 32.7 Å². The summed E-state index contributed by atoms with van der Waals surface area (Å²) < 4.78 is 0. The fourth-order valence-corrected chi connectivity index (χ4v) is 3.91. The van der Waals surface area contributed by atoms with Gasteiger partial charge in [-0.25, -0.2) is 4.98 Å². The number of fused-ring (bicyclic) bond motifs is 1. The summed E-state index contributed by atoms with van der Waals surface area (Å²) in [5, 5.41) is 9.39. The molecule has 0 saturated carbocycles. The lowest BCUT2D eigenvalue weighted by atomic mass is 9.94. The van der Waals surface area contributed by atoms with Crippen LogP contribution < -0.4 is 10.6 Å². The van der Waals surface area contributed by atoms with Crippen LogP contribution in [0, 0.1) is 5.92 Å². The normalized spacial score (nSPS) is 17.1. The molecule has 0 radical (unpaired) electrons. The third-order valence-electron chi connectivity index (χ3n) is 4.05. The van der Waals surface area contributed by atoms with Crippen molar-refractivity contribution < 1.29 is 4.79 Å². The highest BCUT2D eigenvalue weighted by molar-refractivity contribution is 7.09. The number of rotatable bonds is 5. The van der Waals surface area contributed by atoms with Gasteiger partial charge in [0.2, 0.25) is 0 Å². The Kier molecular flexibility index (Phi) is 5.08. The third-order valence-corrected chi connectivity index (χ3v) is 4.92. The molecule has 4 nitrogen and oxygen atoms in total. The predicted octanol–water partition coefficient (Wildman–Crippen LogP) is 2.96. The Balaban J connectivity index is 1.60. The number of aromatic nitrogens is 1. The first kappa shape index (κ1) is 16.1. The van der Waals surface area contributed by atoms with Crippen molar-refractivity contribution >= 4 is 17.2 Å². The molecule has 1 aliphatic rings. The van der Waals surface area contributed by atoms with Gasteiger partial charge in [-0.05, 0) is 30.0 Å². The van der Waals surface area contributed by atoms with E-state index in [-0.39, 0.29) is 11.9 Å². The fourth-order valence-electron chi connectivity index (χ4n) is 2.92. The summed E-state index contributed by atoms with van der Waals surface area (Å²) >= 11 is 1.57. The maximum absolute atomic E-state index is 12.3. The molecule has 0 aliphatic carbocycles. The molecule has 1 amide bonds. The van der Waals surface area contributed by atoms with E-state index in [4.69, 9.17) is 0 Å². The number of benzene rings is 1. The van der Waals surface area contributed by atoms with Crippen molar-refractivity contribution in [2.75, 3.05) is 13.1 Å². The molecule has 0 saturated heterocycles. The molecule has 1 aliphatic heterocycles. The third kappa shape index (κ3) is 3.98. The number of carbonyl (C=O) groups excluding carboxylic acids is 1. The summed E-state index contributed by atoms with van der Waals surface area (Å²) in [6.45, 7) is 5.86. The van der Waals surface area contributed by atoms with Gasteiger partial charge in [0, 0.05) is 24.4 Å². The molecule has 0 spiro atoms. The summed E-state index contributed by atoms with van der Waals surface area (Å²) in [5.41, 5.74) is 3.20. The fraction of sp³-hybridized carbons (Fsp3) is 0.444. The van der Waals surface area contributed by atoms with Gasteiger partial charge in [0.05, 0.1) is 5.01 Å². The van der Waals surface area contributed by atoms with E-state index in [0.717, 1.165) is 24.4 Å². The van der Waals surface area contributed by atoms with Crippen molar-refractivity contribution in [3.05, 3.63) is 51.5 Å². The number of thiazole rings is 1. The summed E-state index contributed by atoms with van der Waals surface area (Å²) in [4.78, 5) is 16.7. The Hall–Kier alpha value is -1.72. The number of amides is 1. The minimum atomic E-state index is -0.0823. The van der Waals surface area contributed by atoms with Gasteiger partial charge < -0.3 is 10.6 Å². The first-order valence-electron chi connectivity index (χ1n) is 8.17. The van der Waals surface area contributed by atoms with Crippen LogP contribution in [-0.4, -0.2) is 24.0 Å². The van der Waals surface area contributed by atoms with E-state index in [9.17, 15) is 4.79 Å². The molecule has 23 heavy (non-hydrogen) atoms. The Morgan fingerprint density at radius 1 is 1.43 bits per heavy atom. The van der Waals surface area contributed by atoms with Crippen LogP contribution in [0.4, 0.5) is 0 Å². The largest absolute Gasteiger partial charge is 0.349 e. The second-order valence-electron chi connectivity index (χ2n) is 6.39. The van der Waals surface area contributed by atoms with E-state index in [1.807, 2.05) is 5.38 Å². The van der Waals surface area contributed by atoms with Gasteiger partial charge in [0.1, 0.15) is 5.69 Å². The Labute approximate surface area is 141 Å². The second kappa shape index (κ2) is 7.23. The van der Waals surface area contributed by atoms with E-state index in [1.54, 1.807) is 11.3 Å². The zero-order chi connectivity index (χ0) is 16.2. The van der Waals surface area contributed by atoms with Crippen LogP contribution in [0.2, 0.25) is 0 Å². The quantitative estimate of drug-likeness (QED) is 0.887. The molecular weight excluding hydrogens is 306 g/mol. The van der Waals surface area contributed by atoms with Crippen LogP contribution >= 0.6 is 11.3 Å². The van der Waals surface area contributed by atoms with Crippen LogP contribution in [0.1, 0.15) is 46.5 Å². The molecule has 2 heterocycles. The smallest absolute Gasteiger partial charge is 0.270 e. The number of hydrogen-bond donors (Lipinski definition) is 2. The highest BCUT2D eigenvalue weighted by Gasteiger charge is 2.20. The molecule has 5 heteroatoms. The topological polar surface area (TPSA) is 54.0 Å². The first-order chi connectivity index (χ1) is 11.1. The lowest BCUT2D eigenvalue weighted by Crippen LogP contribution is -2.38. The summed E-state index contributed by atoms with van der Waals surface area (Å²) in [5.74, 6) is 0.473. The van der Waals surface area contributed by atoms with Gasteiger partial charge in [-0.3, -0.25) is 4.79 Å². The highest BCUT2D eigenvalue weighted by atomic mass is 32.1. The van der Waals surface area contributed by atoms with E-state index in [0.29, 0.717) is 18.2 Å². The van der Waals surface area contributed by atoms with E-state index in [1.165, 1.54) is 11.1 Å². The molecule has 1 unspecified atom stereocenters. The zero-order valence-electron chi connectivity index (χ0n) is 13.6. The molecular formula is C18H23N3OS. The van der Waals surface area contributed by atoms with Crippen molar-refractivity contribution in [1.29, 1.82) is 0 Å². The number of carbonyl (C=O) groups is 1. The van der Waals surface area contributed by atoms with Crippen LogP contribution in [0.15, 0.2) is 29.6 Å². The van der Waals surface area contributed by atoms with Gasteiger partial charge in [-0.2, -0.15) is 0 Å². The molecule has 0 fully saturated rings. The van der Waals surface area contributed by atoms with E-state index >= 15 is 0 Å². The molecule has 3 rings (SSSR count). The highest BCUT2D eigenvalue weighted by Crippen LogP contribution is 2.22. The molecule has 2 aromatic rings. The Bertz CT molecular complexity index is 680. The molecule has 2 N–H and O–H groups in total.